The van der Waals surface area contributed by atoms with Crippen molar-refractivity contribution in [1.29, 1.82) is 0 Å². The first kappa shape index (κ1) is 16.0. The average Bonchev–Trinajstić information content (AvgIpc) is 3.23. The molecule has 0 spiro atoms. The van der Waals surface area contributed by atoms with Crippen LogP contribution in [0.4, 0.5) is 5.69 Å². The first-order valence-electron chi connectivity index (χ1n) is 8.61. The largest absolute Gasteiger partial charge is 0.396 e. The van der Waals surface area contributed by atoms with Crippen molar-refractivity contribution in [2.45, 2.75) is 31.3 Å². The van der Waals surface area contributed by atoms with Gasteiger partial charge in [-0.3, -0.25) is 4.99 Å². The predicted octanol–water partition coefficient (Wildman–Crippen LogP) is 3.00. The fraction of sp³-hybridized carbons (Fsp3) is 0.500. The van der Waals surface area contributed by atoms with Gasteiger partial charge in [0, 0.05) is 37.0 Å². The predicted molar refractivity (Wildman–Crippen MR) is 100 cm³/mol. The van der Waals surface area contributed by atoms with Crippen LogP contribution in [0.5, 0.6) is 0 Å². The summed E-state index contributed by atoms with van der Waals surface area (Å²) in [4.78, 5) is 8.29. The number of aliphatic hydroxyl groups is 1. The van der Waals surface area contributed by atoms with Crippen LogP contribution in [-0.4, -0.2) is 52.8 Å². The van der Waals surface area contributed by atoms with Crippen molar-refractivity contribution in [3.05, 3.63) is 30.0 Å². The molecule has 1 unspecified atom stereocenters. The summed E-state index contributed by atoms with van der Waals surface area (Å²) in [5, 5.41) is 15.0. The van der Waals surface area contributed by atoms with Crippen LogP contribution in [0, 0.1) is 0 Å². The number of fused-ring (bicyclic) bond motifs is 1. The number of aromatic amines is 1. The molecular weight excluding hydrogens is 322 g/mol. The summed E-state index contributed by atoms with van der Waals surface area (Å²) in [5.41, 5.74) is 3.38. The van der Waals surface area contributed by atoms with Gasteiger partial charge in [-0.15, -0.1) is 11.8 Å². The van der Waals surface area contributed by atoms with Crippen LogP contribution in [-0.2, 0) is 4.74 Å². The van der Waals surface area contributed by atoms with E-state index >= 15 is 0 Å². The van der Waals surface area contributed by atoms with Gasteiger partial charge in [-0.25, -0.2) is 0 Å². The lowest BCUT2D eigenvalue weighted by molar-refractivity contribution is 0.0905. The van der Waals surface area contributed by atoms with E-state index in [4.69, 9.17) is 14.8 Å². The molecule has 3 heterocycles. The molecule has 128 valence electrons. The number of H-pyrrole nitrogens is 1. The quantitative estimate of drug-likeness (QED) is 0.779. The Morgan fingerprint density at radius 3 is 3.04 bits per heavy atom. The zero-order valence-electron chi connectivity index (χ0n) is 13.6. The fourth-order valence-corrected chi connectivity index (χ4v) is 4.39. The average molecular weight is 345 g/mol. The van der Waals surface area contributed by atoms with Crippen LogP contribution in [0.15, 0.2) is 29.3 Å². The van der Waals surface area contributed by atoms with Crippen molar-refractivity contribution in [2.24, 2.45) is 4.99 Å². The van der Waals surface area contributed by atoms with E-state index in [9.17, 15) is 0 Å². The molecule has 2 aliphatic rings. The van der Waals surface area contributed by atoms with Gasteiger partial charge in [0.25, 0.3) is 0 Å². The number of ether oxygens (including phenoxy) is 1. The minimum Gasteiger partial charge on any atom is -0.396 e. The highest BCUT2D eigenvalue weighted by atomic mass is 32.2. The smallest absolute Gasteiger partial charge is 0.114 e. The van der Waals surface area contributed by atoms with Gasteiger partial charge in [-0.05, 0) is 31.4 Å². The summed E-state index contributed by atoms with van der Waals surface area (Å²) in [6.07, 6.45) is 2.85. The number of hydrogen-bond acceptors (Lipinski definition) is 5. The number of para-hydroxylation sites is 1. The maximum absolute atomic E-state index is 9.09. The molecule has 0 bridgehead atoms. The van der Waals surface area contributed by atoms with Crippen molar-refractivity contribution >= 4 is 33.4 Å². The molecule has 0 saturated carbocycles. The maximum Gasteiger partial charge on any atom is 0.114 e. The van der Waals surface area contributed by atoms with Gasteiger partial charge in [0.15, 0.2) is 0 Å². The Bertz CT molecular complexity index is 737. The van der Waals surface area contributed by atoms with Crippen LogP contribution < -0.4 is 5.32 Å². The monoisotopic (exact) mass is 345 g/mol. The normalized spacial score (nSPS) is 22.0. The van der Waals surface area contributed by atoms with Gasteiger partial charge in [0.2, 0.25) is 0 Å². The number of benzene rings is 1. The number of hydrogen-bond donors (Lipinski definition) is 3. The fourth-order valence-electron chi connectivity index (χ4n) is 3.31. The number of aliphatic hydroxyl groups excluding tert-OH is 1. The Hall–Kier alpha value is -1.50. The summed E-state index contributed by atoms with van der Waals surface area (Å²) in [5.74, 6) is 0.957. The number of aliphatic imine (C=N–C) groups is 1. The van der Waals surface area contributed by atoms with Gasteiger partial charge in [0.1, 0.15) is 5.04 Å². The molecule has 1 fully saturated rings. The number of nitrogens with zero attached hydrogens (tertiary/aromatic N) is 1. The van der Waals surface area contributed by atoms with Gasteiger partial charge < -0.3 is 20.1 Å². The zero-order valence-corrected chi connectivity index (χ0v) is 14.4. The first-order chi connectivity index (χ1) is 11.8. The lowest BCUT2D eigenvalue weighted by atomic mass is 10.1. The minimum atomic E-state index is 0.202. The van der Waals surface area contributed by atoms with Crippen molar-refractivity contribution in [2.75, 3.05) is 30.9 Å². The Morgan fingerprint density at radius 2 is 2.21 bits per heavy atom. The Morgan fingerprint density at radius 1 is 1.33 bits per heavy atom. The molecule has 1 atom stereocenters. The van der Waals surface area contributed by atoms with E-state index in [-0.39, 0.29) is 12.6 Å². The van der Waals surface area contributed by atoms with Gasteiger partial charge in [-0.2, -0.15) is 0 Å². The van der Waals surface area contributed by atoms with E-state index in [0.717, 1.165) is 60.2 Å². The molecule has 1 saturated heterocycles. The second-order valence-corrected chi connectivity index (χ2v) is 7.40. The summed E-state index contributed by atoms with van der Waals surface area (Å²) >= 11 is 1.77. The first-order valence-corrected chi connectivity index (χ1v) is 9.60. The number of aromatic nitrogens is 1. The van der Waals surface area contributed by atoms with Crippen LogP contribution in [0.3, 0.4) is 0 Å². The molecule has 1 aromatic heterocycles. The highest BCUT2D eigenvalue weighted by Crippen LogP contribution is 2.30. The third-order valence-electron chi connectivity index (χ3n) is 4.64. The summed E-state index contributed by atoms with van der Waals surface area (Å²) in [6.45, 7) is 1.88. The van der Waals surface area contributed by atoms with Crippen LogP contribution in [0.25, 0.3) is 10.9 Å². The van der Waals surface area contributed by atoms with E-state index in [1.54, 1.807) is 11.8 Å². The minimum absolute atomic E-state index is 0.202. The molecule has 6 heteroatoms. The zero-order chi connectivity index (χ0) is 16.4. The molecule has 0 radical (unpaired) electrons. The van der Waals surface area contributed by atoms with Gasteiger partial charge in [0.05, 0.1) is 22.9 Å². The number of anilines is 1. The highest BCUT2D eigenvalue weighted by Gasteiger charge is 2.21. The van der Waals surface area contributed by atoms with E-state index in [2.05, 4.69) is 34.6 Å². The number of thioether (sulfide) groups is 1. The summed E-state index contributed by atoms with van der Waals surface area (Å²) in [7, 11) is 0. The molecule has 0 aliphatic carbocycles. The van der Waals surface area contributed by atoms with Crippen molar-refractivity contribution in [1.82, 2.24) is 4.98 Å². The Kier molecular flexibility index (Phi) is 4.78. The number of nitrogens with one attached hydrogen (secondary N) is 2. The van der Waals surface area contributed by atoms with E-state index < -0.39 is 0 Å². The van der Waals surface area contributed by atoms with Crippen molar-refractivity contribution < 1.29 is 9.84 Å². The Labute approximate surface area is 145 Å². The van der Waals surface area contributed by atoms with Gasteiger partial charge >= 0.3 is 0 Å². The lowest BCUT2D eigenvalue weighted by Crippen LogP contribution is -2.27. The van der Waals surface area contributed by atoms with Crippen LogP contribution >= 0.6 is 11.8 Å². The number of rotatable bonds is 5. The lowest BCUT2D eigenvalue weighted by Gasteiger charge is -2.24. The highest BCUT2D eigenvalue weighted by molar-refractivity contribution is 8.14. The third-order valence-corrected chi connectivity index (χ3v) is 5.79. The molecule has 3 N–H and O–H groups in total. The SMILES string of the molecule is OCCC1CSC(c2cc3cccc(NC4CCOCC4)c3[nH]2)=N1. The molecule has 2 aliphatic heterocycles. The molecule has 1 aromatic carbocycles. The van der Waals surface area contributed by atoms with Crippen molar-refractivity contribution in [3.63, 3.8) is 0 Å². The van der Waals surface area contributed by atoms with Crippen LogP contribution in [0.2, 0.25) is 0 Å². The van der Waals surface area contributed by atoms with E-state index in [0.29, 0.717) is 6.04 Å². The third kappa shape index (κ3) is 3.31. The summed E-state index contributed by atoms with van der Waals surface area (Å²) < 4.78 is 5.44. The van der Waals surface area contributed by atoms with E-state index in [1.807, 2.05) is 0 Å². The molecule has 0 amide bonds. The topological polar surface area (TPSA) is 69.6 Å². The maximum atomic E-state index is 9.09. The summed E-state index contributed by atoms with van der Waals surface area (Å²) in [6, 6.07) is 9.26. The Balaban J connectivity index is 1.59. The standard InChI is InChI=1S/C18H23N3O2S/c22-7-4-14-11-24-18(20-14)16-10-12-2-1-3-15(17(12)21-16)19-13-5-8-23-9-6-13/h1-3,10,13-14,19,21-22H,4-9,11H2. The van der Waals surface area contributed by atoms with Gasteiger partial charge in [-0.1, -0.05) is 12.1 Å². The molecule has 24 heavy (non-hydrogen) atoms. The molecule has 5 nitrogen and oxygen atoms in total. The second-order valence-electron chi connectivity index (χ2n) is 6.40. The molecule has 4 rings (SSSR count). The van der Waals surface area contributed by atoms with Crippen LogP contribution in [0.1, 0.15) is 25.0 Å². The molecule has 2 aromatic rings. The second kappa shape index (κ2) is 7.17. The molecular formula is C18H23N3O2S. The van der Waals surface area contributed by atoms with E-state index in [1.165, 1.54) is 5.39 Å². The van der Waals surface area contributed by atoms with Crippen molar-refractivity contribution in [3.8, 4) is 0 Å².